The Labute approximate surface area is 124 Å². The normalized spacial score (nSPS) is 28.5. The Balaban J connectivity index is 1.58. The molecule has 1 saturated heterocycles. The van der Waals surface area contributed by atoms with Crippen molar-refractivity contribution in [3.63, 3.8) is 0 Å². The van der Waals surface area contributed by atoms with Gasteiger partial charge in [-0.25, -0.2) is 0 Å². The molecule has 1 saturated carbocycles. The number of carbonyl (C=O) groups excluding carboxylic acids is 1. The number of fused-ring (bicyclic) bond motifs is 2. The molecule has 21 heavy (non-hydrogen) atoms. The van der Waals surface area contributed by atoms with Gasteiger partial charge in [0.2, 0.25) is 0 Å². The molecule has 3 nitrogen and oxygen atoms in total. The van der Waals surface area contributed by atoms with Gasteiger partial charge in [-0.2, -0.15) is 0 Å². The highest BCUT2D eigenvalue weighted by Gasteiger charge is 2.38. The van der Waals surface area contributed by atoms with E-state index in [2.05, 4.69) is 10.3 Å². The molecule has 1 aromatic carbocycles. The molecule has 2 heterocycles. The first kappa shape index (κ1) is 13.0. The van der Waals surface area contributed by atoms with Gasteiger partial charge in [-0.3, -0.25) is 9.78 Å². The van der Waals surface area contributed by atoms with Gasteiger partial charge < -0.3 is 5.32 Å². The summed E-state index contributed by atoms with van der Waals surface area (Å²) in [6.07, 6.45) is 7.91. The summed E-state index contributed by atoms with van der Waals surface area (Å²) < 4.78 is 0. The van der Waals surface area contributed by atoms with Crippen molar-refractivity contribution in [1.29, 1.82) is 0 Å². The highest BCUT2D eigenvalue weighted by Crippen LogP contribution is 2.34. The first-order chi connectivity index (χ1) is 10.3. The lowest BCUT2D eigenvalue weighted by atomic mass is 9.84. The maximum Gasteiger partial charge on any atom is 0.179 e. The zero-order valence-electron chi connectivity index (χ0n) is 12.1. The zero-order chi connectivity index (χ0) is 14.2. The molecule has 1 aromatic heterocycles. The van der Waals surface area contributed by atoms with Crippen molar-refractivity contribution < 1.29 is 4.79 Å². The van der Waals surface area contributed by atoms with Crippen LogP contribution in [-0.4, -0.2) is 22.9 Å². The van der Waals surface area contributed by atoms with Gasteiger partial charge in [0.15, 0.2) is 5.78 Å². The van der Waals surface area contributed by atoms with Crippen molar-refractivity contribution in [1.82, 2.24) is 10.3 Å². The molecule has 1 aliphatic carbocycles. The Hall–Kier alpha value is -1.74. The topological polar surface area (TPSA) is 42.0 Å². The number of hydrogen-bond acceptors (Lipinski definition) is 3. The largest absolute Gasteiger partial charge is 0.304 e. The number of pyridine rings is 1. The van der Waals surface area contributed by atoms with E-state index >= 15 is 0 Å². The van der Waals surface area contributed by atoms with E-state index in [1.165, 1.54) is 25.7 Å². The van der Waals surface area contributed by atoms with Crippen LogP contribution in [0, 0.1) is 5.92 Å². The van der Waals surface area contributed by atoms with Crippen molar-refractivity contribution in [2.24, 2.45) is 5.92 Å². The van der Waals surface area contributed by atoms with Crippen LogP contribution in [0.4, 0.5) is 0 Å². The summed E-state index contributed by atoms with van der Waals surface area (Å²) >= 11 is 0. The molecule has 3 atom stereocenters. The minimum atomic E-state index is -0.000683. The first-order valence-corrected chi connectivity index (χ1v) is 7.96. The lowest BCUT2D eigenvalue weighted by Gasteiger charge is -2.24. The highest BCUT2D eigenvalue weighted by molar-refractivity contribution is 6.02. The van der Waals surface area contributed by atoms with Crippen LogP contribution < -0.4 is 5.32 Å². The molecule has 4 rings (SSSR count). The van der Waals surface area contributed by atoms with Crippen LogP contribution in [0.3, 0.4) is 0 Å². The minimum Gasteiger partial charge on any atom is -0.304 e. The van der Waals surface area contributed by atoms with Gasteiger partial charge in [0.25, 0.3) is 0 Å². The first-order valence-electron chi connectivity index (χ1n) is 7.96. The fourth-order valence-electron chi connectivity index (χ4n) is 3.94. The van der Waals surface area contributed by atoms with E-state index in [0.29, 0.717) is 12.0 Å². The van der Waals surface area contributed by atoms with Crippen LogP contribution in [0.1, 0.15) is 42.5 Å². The second-order valence-electron chi connectivity index (χ2n) is 6.38. The summed E-state index contributed by atoms with van der Waals surface area (Å²) in [7, 11) is 0. The van der Waals surface area contributed by atoms with Gasteiger partial charge >= 0.3 is 0 Å². The number of nitrogens with zero attached hydrogens (tertiary/aromatic N) is 1. The maximum absolute atomic E-state index is 12.7. The van der Waals surface area contributed by atoms with E-state index in [-0.39, 0.29) is 11.8 Å². The Morgan fingerprint density at radius 2 is 2.10 bits per heavy atom. The average molecular weight is 280 g/mol. The van der Waals surface area contributed by atoms with E-state index in [1.54, 1.807) is 6.20 Å². The minimum absolute atomic E-state index is 0.000683. The third-order valence-electron chi connectivity index (χ3n) is 5.07. The van der Waals surface area contributed by atoms with Crippen LogP contribution in [0.15, 0.2) is 36.5 Å². The monoisotopic (exact) mass is 280 g/mol. The second-order valence-corrected chi connectivity index (χ2v) is 6.38. The molecule has 2 aliphatic rings. The Morgan fingerprint density at radius 1 is 1.19 bits per heavy atom. The van der Waals surface area contributed by atoms with E-state index in [0.717, 1.165) is 22.9 Å². The van der Waals surface area contributed by atoms with Crippen molar-refractivity contribution in [2.75, 3.05) is 0 Å². The van der Waals surface area contributed by atoms with E-state index in [1.807, 2.05) is 30.3 Å². The summed E-state index contributed by atoms with van der Waals surface area (Å²) in [5.74, 6) is 0.934. The van der Waals surface area contributed by atoms with Crippen LogP contribution in [0.2, 0.25) is 0 Å². The summed E-state index contributed by atoms with van der Waals surface area (Å²) in [6, 6.07) is 10.4. The molecule has 0 spiro atoms. The summed E-state index contributed by atoms with van der Waals surface area (Å²) in [4.78, 5) is 17.1. The lowest BCUT2D eigenvalue weighted by Crippen LogP contribution is -2.37. The van der Waals surface area contributed by atoms with Crippen LogP contribution >= 0.6 is 0 Å². The molecule has 3 heteroatoms. The SMILES string of the molecule is O=C(c1ccc2cccnc2c1)C1CC2CCCCC2N1. The Kier molecular flexibility index (Phi) is 3.23. The van der Waals surface area contributed by atoms with Crippen molar-refractivity contribution in [2.45, 2.75) is 44.2 Å². The number of hydrogen-bond donors (Lipinski definition) is 1. The number of nitrogens with one attached hydrogen (secondary N) is 1. The van der Waals surface area contributed by atoms with Crippen LogP contribution in [0.5, 0.6) is 0 Å². The molecule has 0 amide bonds. The molecule has 3 unspecified atom stereocenters. The van der Waals surface area contributed by atoms with Gasteiger partial charge in [0.05, 0.1) is 11.6 Å². The van der Waals surface area contributed by atoms with Gasteiger partial charge in [-0.05, 0) is 37.3 Å². The zero-order valence-corrected chi connectivity index (χ0v) is 12.1. The quantitative estimate of drug-likeness (QED) is 0.858. The van der Waals surface area contributed by atoms with Crippen LogP contribution in [-0.2, 0) is 0 Å². The number of Topliss-reactive ketones (excluding diaryl/α,β-unsaturated/α-hetero) is 1. The van der Waals surface area contributed by atoms with E-state index < -0.39 is 0 Å². The molecule has 108 valence electrons. The average Bonchev–Trinajstić information content (AvgIpc) is 2.97. The summed E-state index contributed by atoms with van der Waals surface area (Å²) in [5, 5.41) is 4.65. The number of aromatic nitrogens is 1. The number of benzene rings is 1. The Morgan fingerprint density at radius 3 is 3.00 bits per heavy atom. The fourth-order valence-corrected chi connectivity index (χ4v) is 3.94. The third kappa shape index (κ3) is 2.36. The second kappa shape index (κ2) is 5.23. The van der Waals surface area contributed by atoms with Crippen LogP contribution in [0.25, 0.3) is 10.9 Å². The third-order valence-corrected chi connectivity index (χ3v) is 5.07. The fraction of sp³-hybridized carbons (Fsp3) is 0.444. The van der Waals surface area contributed by atoms with Gasteiger partial charge in [0, 0.05) is 23.2 Å². The van der Waals surface area contributed by atoms with Gasteiger partial charge in [-0.1, -0.05) is 31.0 Å². The summed E-state index contributed by atoms with van der Waals surface area (Å²) in [5.41, 5.74) is 1.69. The molecule has 2 aromatic rings. The van der Waals surface area contributed by atoms with Crippen molar-refractivity contribution in [3.8, 4) is 0 Å². The Bertz CT molecular complexity index is 668. The molecular formula is C18H20N2O. The molecule has 0 bridgehead atoms. The van der Waals surface area contributed by atoms with Crippen molar-refractivity contribution >= 4 is 16.7 Å². The van der Waals surface area contributed by atoms with Gasteiger partial charge in [-0.15, -0.1) is 0 Å². The molecule has 2 fully saturated rings. The number of ketones is 1. The molecule has 1 aliphatic heterocycles. The molecular weight excluding hydrogens is 260 g/mol. The summed E-state index contributed by atoms with van der Waals surface area (Å²) in [6.45, 7) is 0. The van der Waals surface area contributed by atoms with E-state index in [4.69, 9.17) is 0 Å². The van der Waals surface area contributed by atoms with E-state index in [9.17, 15) is 4.79 Å². The van der Waals surface area contributed by atoms with Gasteiger partial charge in [0.1, 0.15) is 0 Å². The molecule has 0 radical (unpaired) electrons. The van der Waals surface area contributed by atoms with Crippen molar-refractivity contribution in [3.05, 3.63) is 42.1 Å². The smallest absolute Gasteiger partial charge is 0.179 e. The number of carbonyl (C=O) groups is 1. The predicted octanol–water partition coefficient (Wildman–Crippen LogP) is 3.34. The molecule has 1 N–H and O–H groups in total. The highest BCUT2D eigenvalue weighted by atomic mass is 16.1. The lowest BCUT2D eigenvalue weighted by molar-refractivity contribution is 0.0949. The standard InChI is InChI=1S/C18H20N2O/c21-18(17-10-13-4-1-2-6-15(13)20-17)14-8-7-12-5-3-9-19-16(12)11-14/h3,5,7-9,11,13,15,17,20H,1-2,4,6,10H2. The predicted molar refractivity (Wildman–Crippen MR) is 83.4 cm³/mol. The maximum atomic E-state index is 12.7. The number of rotatable bonds is 2.